The molecule has 5 aromatic rings. The zero-order chi connectivity index (χ0) is 29.2. The number of fused-ring (bicyclic) bond motifs is 2. The van der Waals surface area contributed by atoms with Crippen molar-refractivity contribution in [3.8, 4) is 5.69 Å². The third kappa shape index (κ3) is 4.94. The quantitative estimate of drug-likeness (QED) is 0.156. The maximum atomic E-state index is 12.4. The fourth-order valence-electron chi connectivity index (χ4n) is 3.99. The Balaban J connectivity index is 1.63. The SMILES string of the molecule is Cc1nn(-c2ccc3c(S(=O)(=O)O)cccc3c2S(=O)(=O)O)c(N)c1/N=N/c1nc2cc(S(=O)(=O)O)ccc2s1. The average molecular weight is 625 g/mol. The van der Waals surface area contributed by atoms with Gasteiger partial charge in [-0.25, -0.2) is 9.67 Å². The average Bonchev–Trinajstić information content (AvgIpc) is 3.38. The molecule has 0 spiro atoms. The molecule has 2 heterocycles. The van der Waals surface area contributed by atoms with Crippen molar-refractivity contribution in [2.45, 2.75) is 21.6 Å². The number of anilines is 1. The topological polar surface area (TPSA) is 245 Å². The second kappa shape index (κ2) is 9.37. The van der Waals surface area contributed by atoms with Gasteiger partial charge < -0.3 is 5.73 Å². The molecule has 40 heavy (non-hydrogen) atoms. The van der Waals surface area contributed by atoms with Crippen LogP contribution >= 0.6 is 11.3 Å². The van der Waals surface area contributed by atoms with Crippen LogP contribution in [0.3, 0.4) is 0 Å². The second-order valence-electron chi connectivity index (χ2n) is 8.25. The standard InChI is InChI=1S/C21H16N6O9S4/c1-10-18(24-25-21-23-14-9-11(38(28,29)30)5-8-16(14)37-21)20(22)27(26-10)15-7-6-12-13(19(15)40(34,35)36)3-2-4-17(12)39(31,32)33/h2-9H,22H2,1H3,(H,28,29,30)(H,31,32,33)(H,34,35,36)/b25-24+. The Kier molecular flexibility index (Phi) is 6.49. The minimum atomic E-state index is -4.99. The number of hydrogen-bond donors (Lipinski definition) is 4. The number of nitrogen functional groups attached to an aromatic ring is 1. The summed E-state index contributed by atoms with van der Waals surface area (Å²) < 4.78 is 102. The van der Waals surface area contributed by atoms with E-state index in [9.17, 15) is 38.9 Å². The number of nitrogens with two attached hydrogens (primary N) is 1. The molecule has 0 radical (unpaired) electrons. The molecule has 0 aliphatic rings. The summed E-state index contributed by atoms with van der Waals surface area (Å²) in [4.78, 5) is 2.54. The van der Waals surface area contributed by atoms with Crippen LogP contribution in [0.4, 0.5) is 16.6 Å². The molecule has 0 fully saturated rings. The van der Waals surface area contributed by atoms with E-state index in [1.165, 1.54) is 43.3 Å². The van der Waals surface area contributed by atoms with E-state index in [4.69, 9.17) is 5.73 Å². The Morgan fingerprint density at radius 3 is 2.25 bits per heavy atom. The summed E-state index contributed by atoms with van der Waals surface area (Å²) in [5, 5.41) is 12.0. The van der Waals surface area contributed by atoms with Gasteiger partial charge >= 0.3 is 0 Å². The Morgan fingerprint density at radius 2 is 1.60 bits per heavy atom. The lowest BCUT2D eigenvalue weighted by molar-refractivity contribution is 0.480. The molecule has 5 rings (SSSR count). The predicted octanol–water partition coefficient (Wildman–Crippen LogP) is 3.68. The molecule has 15 nitrogen and oxygen atoms in total. The van der Waals surface area contributed by atoms with Gasteiger partial charge in [-0.05, 0) is 37.3 Å². The number of aryl methyl sites for hydroxylation is 1. The number of benzene rings is 3. The second-order valence-corrected chi connectivity index (χ2v) is 13.4. The first-order valence-corrected chi connectivity index (χ1v) is 15.9. The van der Waals surface area contributed by atoms with Crippen molar-refractivity contribution >= 4 is 79.3 Å². The van der Waals surface area contributed by atoms with Crippen LogP contribution < -0.4 is 5.73 Å². The van der Waals surface area contributed by atoms with Crippen molar-refractivity contribution in [1.82, 2.24) is 14.8 Å². The predicted molar refractivity (Wildman–Crippen MR) is 143 cm³/mol. The largest absolute Gasteiger partial charge is 0.382 e. The summed E-state index contributed by atoms with van der Waals surface area (Å²) in [6.45, 7) is 1.50. The first-order valence-electron chi connectivity index (χ1n) is 10.7. The summed E-state index contributed by atoms with van der Waals surface area (Å²) in [5.74, 6) is -0.189. The minimum absolute atomic E-state index is 0.0194. The van der Waals surface area contributed by atoms with Crippen LogP contribution in [0, 0.1) is 6.92 Å². The van der Waals surface area contributed by atoms with Crippen molar-refractivity contribution in [1.29, 1.82) is 0 Å². The van der Waals surface area contributed by atoms with Crippen molar-refractivity contribution in [2.75, 3.05) is 5.73 Å². The van der Waals surface area contributed by atoms with Gasteiger partial charge in [0, 0.05) is 10.8 Å². The molecule has 0 saturated carbocycles. The lowest BCUT2D eigenvalue weighted by Gasteiger charge is -2.13. The van der Waals surface area contributed by atoms with Crippen LogP contribution in [0.5, 0.6) is 0 Å². The minimum Gasteiger partial charge on any atom is -0.382 e. The molecule has 0 saturated heterocycles. The van der Waals surface area contributed by atoms with Crippen LogP contribution in [0.2, 0.25) is 0 Å². The van der Waals surface area contributed by atoms with E-state index < -0.39 is 40.1 Å². The van der Waals surface area contributed by atoms with E-state index in [1.807, 2.05) is 0 Å². The van der Waals surface area contributed by atoms with E-state index in [0.717, 1.165) is 28.2 Å². The van der Waals surface area contributed by atoms with Crippen LogP contribution in [0.25, 0.3) is 26.7 Å². The summed E-state index contributed by atoms with van der Waals surface area (Å²) in [6, 6.07) is 9.70. The van der Waals surface area contributed by atoms with Gasteiger partial charge in [0.25, 0.3) is 30.4 Å². The monoisotopic (exact) mass is 624 g/mol. The zero-order valence-corrected chi connectivity index (χ0v) is 23.1. The molecule has 0 bridgehead atoms. The Morgan fingerprint density at radius 1 is 0.875 bits per heavy atom. The third-order valence-electron chi connectivity index (χ3n) is 5.66. The van der Waals surface area contributed by atoms with Crippen molar-refractivity contribution < 1.29 is 38.9 Å². The van der Waals surface area contributed by atoms with Gasteiger partial charge in [0.05, 0.1) is 26.5 Å². The Bertz CT molecular complexity index is 2220. The lowest BCUT2D eigenvalue weighted by Crippen LogP contribution is -2.10. The normalized spacial score (nSPS) is 13.1. The van der Waals surface area contributed by atoms with Crippen molar-refractivity contribution in [3.05, 3.63) is 54.2 Å². The summed E-state index contributed by atoms with van der Waals surface area (Å²) in [7, 11) is -14.2. The molecule has 0 unspecified atom stereocenters. The third-order valence-corrected chi connectivity index (χ3v) is 9.29. The highest BCUT2D eigenvalue weighted by atomic mass is 32.2. The van der Waals surface area contributed by atoms with Crippen molar-refractivity contribution in [3.63, 3.8) is 0 Å². The number of aromatic nitrogens is 3. The van der Waals surface area contributed by atoms with Gasteiger partial charge in [-0.2, -0.15) is 30.4 Å². The molecule has 5 N–H and O–H groups in total. The van der Waals surface area contributed by atoms with Crippen LogP contribution in [0.1, 0.15) is 5.69 Å². The van der Waals surface area contributed by atoms with Crippen molar-refractivity contribution in [2.24, 2.45) is 10.2 Å². The number of rotatable bonds is 6. The summed E-state index contributed by atoms with van der Waals surface area (Å²) in [5.41, 5.74) is 6.45. The van der Waals surface area contributed by atoms with E-state index in [-0.39, 0.29) is 49.2 Å². The van der Waals surface area contributed by atoms with Gasteiger partial charge in [-0.1, -0.05) is 29.5 Å². The van der Waals surface area contributed by atoms with E-state index in [2.05, 4.69) is 20.3 Å². The highest BCUT2D eigenvalue weighted by Gasteiger charge is 2.26. The molecule has 2 aromatic heterocycles. The fourth-order valence-corrected chi connectivity index (χ4v) is 6.84. The first-order chi connectivity index (χ1) is 18.6. The molecule has 0 amide bonds. The van der Waals surface area contributed by atoms with Gasteiger partial charge in [0.15, 0.2) is 11.5 Å². The summed E-state index contributed by atoms with van der Waals surface area (Å²) in [6.07, 6.45) is 0. The number of azo groups is 1. The molecule has 0 aliphatic heterocycles. The van der Waals surface area contributed by atoms with Crippen LogP contribution in [-0.2, 0) is 30.4 Å². The summed E-state index contributed by atoms with van der Waals surface area (Å²) >= 11 is 1.06. The molecule has 3 aromatic carbocycles. The van der Waals surface area contributed by atoms with Gasteiger partial charge in [0.1, 0.15) is 9.79 Å². The van der Waals surface area contributed by atoms with E-state index >= 15 is 0 Å². The molecule has 19 heteroatoms. The lowest BCUT2D eigenvalue weighted by atomic mass is 10.1. The molecule has 208 valence electrons. The van der Waals surface area contributed by atoms with Crippen LogP contribution in [0.15, 0.2) is 73.4 Å². The Labute approximate surface area is 229 Å². The molecular weight excluding hydrogens is 609 g/mol. The highest BCUT2D eigenvalue weighted by Crippen LogP contribution is 2.37. The number of thiazole rings is 1. The highest BCUT2D eigenvalue weighted by molar-refractivity contribution is 7.86. The van der Waals surface area contributed by atoms with Gasteiger partial charge in [-0.3, -0.25) is 13.7 Å². The maximum absolute atomic E-state index is 12.4. The Hall–Kier alpha value is -3.85. The molecular formula is C21H16N6O9S4. The van der Waals surface area contributed by atoms with Gasteiger partial charge in [-0.15, -0.1) is 10.2 Å². The molecule has 0 atom stereocenters. The smallest absolute Gasteiger partial charge is 0.297 e. The molecule has 0 aliphatic carbocycles. The van der Waals surface area contributed by atoms with E-state index in [1.54, 1.807) is 0 Å². The zero-order valence-electron chi connectivity index (χ0n) is 19.9. The first kappa shape index (κ1) is 27.7. The maximum Gasteiger partial charge on any atom is 0.297 e. The van der Waals surface area contributed by atoms with Gasteiger partial charge in [0.2, 0.25) is 5.13 Å². The van der Waals surface area contributed by atoms with Crippen LogP contribution in [-0.4, -0.2) is 53.7 Å². The fraction of sp³-hybridized carbons (Fsp3) is 0.0476. The number of hydrogen-bond acceptors (Lipinski definition) is 12. The van der Waals surface area contributed by atoms with E-state index in [0.29, 0.717) is 4.70 Å². The number of nitrogens with zero attached hydrogens (tertiary/aromatic N) is 5.